The first kappa shape index (κ1) is 8.75. The maximum Gasteiger partial charge on any atom is 0.0677 e. The van der Waals surface area contributed by atoms with Gasteiger partial charge >= 0.3 is 0 Å². The number of rotatable bonds is 4. The molecule has 0 saturated heterocycles. The van der Waals surface area contributed by atoms with Gasteiger partial charge in [-0.25, -0.2) is 0 Å². The fourth-order valence-corrected chi connectivity index (χ4v) is 1.15. The summed E-state index contributed by atoms with van der Waals surface area (Å²) in [5.41, 5.74) is 1.46. The van der Waals surface area contributed by atoms with Crippen molar-refractivity contribution in [2.75, 3.05) is 26.3 Å². The Kier molecular flexibility index (Phi) is 4.24. The third-order valence-electron chi connectivity index (χ3n) is 1.79. The lowest BCUT2D eigenvalue weighted by atomic mass is 10.1. The normalized spacial score (nSPS) is 18.1. The van der Waals surface area contributed by atoms with Gasteiger partial charge in [0.15, 0.2) is 0 Å². The lowest BCUT2D eigenvalue weighted by molar-refractivity contribution is 0.154. The molecule has 1 aliphatic rings. The number of ether oxygens (including phenoxy) is 1. The predicted molar refractivity (Wildman–Crippen MR) is 46.7 cm³/mol. The molecule has 1 rings (SSSR count). The highest BCUT2D eigenvalue weighted by Gasteiger charge is 2.01. The van der Waals surface area contributed by atoms with E-state index in [1.54, 1.807) is 0 Å². The second-order valence-electron chi connectivity index (χ2n) is 2.87. The van der Waals surface area contributed by atoms with E-state index in [1.165, 1.54) is 5.57 Å². The van der Waals surface area contributed by atoms with Gasteiger partial charge in [-0.15, -0.1) is 0 Å². The van der Waals surface area contributed by atoms with E-state index < -0.39 is 0 Å². The van der Waals surface area contributed by atoms with Crippen molar-refractivity contribution < 1.29 is 4.74 Å². The molecule has 11 heavy (non-hydrogen) atoms. The molecule has 0 bridgehead atoms. The Bertz CT molecular complexity index is 132. The molecule has 1 heterocycles. The van der Waals surface area contributed by atoms with E-state index in [4.69, 9.17) is 4.74 Å². The van der Waals surface area contributed by atoms with Crippen molar-refractivity contribution in [3.63, 3.8) is 0 Å². The molecule has 0 aliphatic carbocycles. The van der Waals surface area contributed by atoms with Crippen LogP contribution in [0.25, 0.3) is 0 Å². The zero-order valence-electron chi connectivity index (χ0n) is 7.23. The monoisotopic (exact) mass is 155 g/mol. The molecule has 1 aliphatic heterocycles. The summed E-state index contributed by atoms with van der Waals surface area (Å²) in [5, 5.41) is 3.27. The zero-order chi connectivity index (χ0) is 7.94. The van der Waals surface area contributed by atoms with Crippen LogP contribution in [-0.4, -0.2) is 26.3 Å². The van der Waals surface area contributed by atoms with Crippen molar-refractivity contribution in [3.05, 3.63) is 11.6 Å². The van der Waals surface area contributed by atoms with E-state index in [1.807, 2.05) is 0 Å². The molecule has 0 radical (unpaired) electrons. The summed E-state index contributed by atoms with van der Waals surface area (Å²) < 4.78 is 5.43. The van der Waals surface area contributed by atoms with Crippen LogP contribution in [0.1, 0.15) is 19.8 Å². The second-order valence-corrected chi connectivity index (χ2v) is 2.87. The molecule has 0 saturated carbocycles. The smallest absolute Gasteiger partial charge is 0.0677 e. The molecular formula is C9H17NO. The van der Waals surface area contributed by atoms with Gasteiger partial charge in [0.05, 0.1) is 6.61 Å². The van der Waals surface area contributed by atoms with Gasteiger partial charge in [-0.1, -0.05) is 13.0 Å². The predicted octanol–water partition coefficient (Wildman–Crippen LogP) is 1.33. The maximum absolute atomic E-state index is 5.43. The molecule has 0 aromatic carbocycles. The molecule has 0 amide bonds. The van der Waals surface area contributed by atoms with Crippen molar-refractivity contribution in [2.24, 2.45) is 0 Å². The summed E-state index contributed by atoms with van der Waals surface area (Å²) >= 11 is 0. The number of hydrogen-bond donors (Lipinski definition) is 1. The highest BCUT2D eigenvalue weighted by Crippen LogP contribution is 2.04. The lowest BCUT2D eigenvalue weighted by Crippen LogP contribution is -2.22. The Balaban J connectivity index is 2.09. The van der Waals surface area contributed by atoms with Gasteiger partial charge in [-0.2, -0.15) is 0 Å². The zero-order valence-corrected chi connectivity index (χ0v) is 7.23. The van der Waals surface area contributed by atoms with Crippen LogP contribution in [0.3, 0.4) is 0 Å². The molecule has 0 aromatic rings. The first-order valence-electron chi connectivity index (χ1n) is 4.40. The molecule has 2 nitrogen and oxygen atoms in total. The Morgan fingerprint density at radius 1 is 1.64 bits per heavy atom. The number of nitrogens with one attached hydrogen (secondary N) is 1. The third kappa shape index (κ3) is 3.54. The lowest BCUT2D eigenvalue weighted by Gasteiger charge is -2.13. The van der Waals surface area contributed by atoms with Crippen LogP contribution in [0, 0.1) is 0 Å². The van der Waals surface area contributed by atoms with Crippen LogP contribution in [0.4, 0.5) is 0 Å². The van der Waals surface area contributed by atoms with Gasteiger partial charge < -0.3 is 10.1 Å². The van der Waals surface area contributed by atoms with Gasteiger partial charge in [0.1, 0.15) is 0 Å². The van der Waals surface area contributed by atoms with Crippen LogP contribution < -0.4 is 5.32 Å². The quantitative estimate of drug-likeness (QED) is 0.488. The average molecular weight is 155 g/mol. The highest BCUT2D eigenvalue weighted by atomic mass is 16.5. The summed E-state index contributed by atoms with van der Waals surface area (Å²) in [6, 6.07) is 0. The Hall–Kier alpha value is -0.340. The van der Waals surface area contributed by atoms with Crippen LogP contribution in [-0.2, 0) is 4.74 Å². The summed E-state index contributed by atoms with van der Waals surface area (Å²) in [6.45, 7) is 6.00. The largest absolute Gasteiger partial charge is 0.377 e. The molecule has 1 N–H and O–H groups in total. The van der Waals surface area contributed by atoms with Gasteiger partial charge in [0, 0.05) is 13.2 Å². The van der Waals surface area contributed by atoms with Crippen LogP contribution in [0.5, 0.6) is 0 Å². The minimum absolute atomic E-state index is 0.843. The minimum atomic E-state index is 0.843. The molecule has 0 fully saturated rings. The topological polar surface area (TPSA) is 21.3 Å². The van der Waals surface area contributed by atoms with Crippen LogP contribution >= 0.6 is 0 Å². The molecule has 2 heteroatoms. The van der Waals surface area contributed by atoms with Crippen molar-refractivity contribution in [1.29, 1.82) is 0 Å². The van der Waals surface area contributed by atoms with Gasteiger partial charge in [0.2, 0.25) is 0 Å². The van der Waals surface area contributed by atoms with Crippen LogP contribution in [0.2, 0.25) is 0 Å². The highest BCUT2D eigenvalue weighted by molar-refractivity contribution is 5.06. The van der Waals surface area contributed by atoms with Gasteiger partial charge in [-0.3, -0.25) is 0 Å². The standard InChI is InChI=1S/C9H17NO/c1-2-7-11-8-9-3-5-10-6-4-9/h3,10H,2,4-8H2,1H3. The van der Waals surface area contributed by atoms with E-state index in [0.717, 1.165) is 39.1 Å². The number of hydrogen-bond acceptors (Lipinski definition) is 2. The van der Waals surface area contributed by atoms with Crippen molar-refractivity contribution in [2.45, 2.75) is 19.8 Å². The third-order valence-corrected chi connectivity index (χ3v) is 1.79. The molecular weight excluding hydrogens is 138 g/mol. The molecule has 0 aromatic heterocycles. The average Bonchev–Trinajstić information content (AvgIpc) is 2.07. The van der Waals surface area contributed by atoms with Crippen molar-refractivity contribution in [3.8, 4) is 0 Å². The summed E-state index contributed by atoms with van der Waals surface area (Å²) in [5.74, 6) is 0. The molecule has 0 atom stereocenters. The summed E-state index contributed by atoms with van der Waals surface area (Å²) in [7, 11) is 0. The first-order valence-corrected chi connectivity index (χ1v) is 4.40. The van der Waals surface area contributed by atoms with E-state index in [2.05, 4.69) is 18.3 Å². The Morgan fingerprint density at radius 3 is 3.18 bits per heavy atom. The van der Waals surface area contributed by atoms with E-state index in [9.17, 15) is 0 Å². The molecule has 0 unspecified atom stereocenters. The fourth-order valence-electron chi connectivity index (χ4n) is 1.15. The van der Waals surface area contributed by atoms with E-state index in [0.29, 0.717) is 0 Å². The fraction of sp³-hybridized carbons (Fsp3) is 0.778. The SMILES string of the molecule is CCCOCC1=CCNCC1. The minimum Gasteiger partial charge on any atom is -0.377 e. The van der Waals surface area contributed by atoms with E-state index >= 15 is 0 Å². The van der Waals surface area contributed by atoms with Crippen molar-refractivity contribution >= 4 is 0 Å². The first-order chi connectivity index (χ1) is 5.43. The van der Waals surface area contributed by atoms with E-state index in [-0.39, 0.29) is 0 Å². The molecule has 0 spiro atoms. The maximum atomic E-state index is 5.43. The van der Waals surface area contributed by atoms with Crippen LogP contribution in [0.15, 0.2) is 11.6 Å². The van der Waals surface area contributed by atoms with Gasteiger partial charge in [0.25, 0.3) is 0 Å². The Morgan fingerprint density at radius 2 is 2.55 bits per heavy atom. The van der Waals surface area contributed by atoms with Gasteiger partial charge in [-0.05, 0) is 25.0 Å². The molecule has 64 valence electrons. The second kappa shape index (κ2) is 5.33. The summed E-state index contributed by atoms with van der Waals surface area (Å²) in [6.07, 6.45) is 4.51. The van der Waals surface area contributed by atoms with Crippen molar-refractivity contribution in [1.82, 2.24) is 5.32 Å². The Labute approximate surface area is 68.6 Å². The summed E-state index contributed by atoms with van der Waals surface area (Å²) in [4.78, 5) is 0.